The fraction of sp³-hybridized carbons (Fsp3) is 0.235. The molecule has 1 N–H and O–H groups in total. The number of halogens is 2. The summed E-state index contributed by atoms with van der Waals surface area (Å²) < 4.78 is 14.0. The Balaban J connectivity index is 1.70. The van der Waals surface area contributed by atoms with Gasteiger partial charge in [0.2, 0.25) is 0 Å². The summed E-state index contributed by atoms with van der Waals surface area (Å²) in [6.45, 7) is 0. The zero-order valence-corrected chi connectivity index (χ0v) is 12.9. The van der Waals surface area contributed by atoms with E-state index in [1.54, 1.807) is 6.07 Å². The summed E-state index contributed by atoms with van der Waals surface area (Å²) in [7, 11) is 0. The van der Waals surface area contributed by atoms with Crippen LogP contribution in [0.25, 0.3) is 0 Å². The van der Waals surface area contributed by atoms with Gasteiger partial charge in [-0.1, -0.05) is 30.3 Å². The number of benzene rings is 2. The number of nitrogens with zero attached hydrogens (tertiary/aromatic N) is 1. The summed E-state index contributed by atoms with van der Waals surface area (Å²) >= 11 is 3.14. The zero-order chi connectivity index (χ0) is 14.9. The number of nitrogens with one attached hydrogen (secondary N) is 1. The molecule has 0 spiro atoms. The lowest BCUT2D eigenvalue weighted by Crippen LogP contribution is -2.47. The molecule has 0 saturated heterocycles. The van der Waals surface area contributed by atoms with E-state index in [1.807, 2.05) is 36.4 Å². The van der Waals surface area contributed by atoms with E-state index < -0.39 is 5.41 Å². The van der Waals surface area contributed by atoms with Crippen LogP contribution in [0.4, 0.5) is 10.1 Å². The van der Waals surface area contributed by atoms with Crippen LogP contribution in [0.3, 0.4) is 0 Å². The standard InChI is InChI=1S/C17H14BrFN2/c18-15-7-6-13(8-16(15)19)21-14-9-17(10-14,11-20)12-4-2-1-3-5-12/h1-8,14,21H,9-10H2. The Hall–Kier alpha value is -1.86. The van der Waals surface area contributed by atoms with Gasteiger partial charge < -0.3 is 5.32 Å². The molecule has 1 aliphatic carbocycles. The topological polar surface area (TPSA) is 35.8 Å². The molecular weight excluding hydrogens is 331 g/mol. The minimum Gasteiger partial charge on any atom is -0.382 e. The molecule has 0 bridgehead atoms. The summed E-state index contributed by atoms with van der Waals surface area (Å²) in [6.07, 6.45) is 1.48. The van der Waals surface area contributed by atoms with Gasteiger partial charge in [-0.2, -0.15) is 5.26 Å². The maximum atomic E-state index is 13.5. The van der Waals surface area contributed by atoms with Crippen molar-refractivity contribution in [3.63, 3.8) is 0 Å². The second-order valence-corrected chi connectivity index (χ2v) is 6.29. The van der Waals surface area contributed by atoms with Gasteiger partial charge in [0.05, 0.1) is 16.0 Å². The summed E-state index contributed by atoms with van der Waals surface area (Å²) in [5.41, 5.74) is 1.40. The van der Waals surface area contributed by atoms with Crippen LogP contribution in [0.15, 0.2) is 53.0 Å². The van der Waals surface area contributed by atoms with Gasteiger partial charge in [-0.15, -0.1) is 0 Å². The van der Waals surface area contributed by atoms with Crippen molar-refractivity contribution in [1.82, 2.24) is 0 Å². The predicted octanol–water partition coefficient (Wildman–Crippen LogP) is 4.62. The fourth-order valence-electron chi connectivity index (χ4n) is 2.85. The van der Waals surface area contributed by atoms with Crippen LogP contribution in [-0.4, -0.2) is 6.04 Å². The summed E-state index contributed by atoms with van der Waals surface area (Å²) in [5, 5.41) is 12.8. The third-order valence-corrected chi connectivity index (χ3v) is 4.66. The Kier molecular flexibility index (Phi) is 3.69. The molecule has 3 rings (SSSR count). The Labute approximate surface area is 131 Å². The molecule has 0 aliphatic heterocycles. The second kappa shape index (κ2) is 5.50. The van der Waals surface area contributed by atoms with E-state index >= 15 is 0 Å². The zero-order valence-electron chi connectivity index (χ0n) is 11.3. The highest BCUT2D eigenvalue weighted by atomic mass is 79.9. The van der Waals surface area contributed by atoms with E-state index in [9.17, 15) is 9.65 Å². The maximum absolute atomic E-state index is 13.5. The van der Waals surface area contributed by atoms with Crippen molar-refractivity contribution in [2.75, 3.05) is 5.32 Å². The minimum absolute atomic E-state index is 0.199. The van der Waals surface area contributed by atoms with Crippen LogP contribution < -0.4 is 5.32 Å². The van der Waals surface area contributed by atoms with E-state index in [4.69, 9.17) is 0 Å². The number of rotatable bonds is 3. The molecule has 2 nitrogen and oxygen atoms in total. The van der Waals surface area contributed by atoms with Crippen molar-refractivity contribution in [3.8, 4) is 6.07 Å². The molecule has 1 fully saturated rings. The lowest BCUT2D eigenvalue weighted by molar-refractivity contribution is 0.289. The highest BCUT2D eigenvalue weighted by Gasteiger charge is 2.46. The Morgan fingerprint density at radius 1 is 1.19 bits per heavy atom. The van der Waals surface area contributed by atoms with Crippen LogP contribution >= 0.6 is 15.9 Å². The van der Waals surface area contributed by atoms with Crippen molar-refractivity contribution in [1.29, 1.82) is 5.26 Å². The molecule has 2 aromatic carbocycles. The lowest BCUT2D eigenvalue weighted by Gasteiger charge is -2.43. The highest BCUT2D eigenvalue weighted by molar-refractivity contribution is 9.10. The summed E-state index contributed by atoms with van der Waals surface area (Å²) in [6, 6.07) is 17.5. The normalized spacial score (nSPS) is 24.0. The molecule has 0 amide bonds. The van der Waals surface area contributed by atoms with Gasteiger partial charge in [0.15, 0.2) is 0 Å². The lowest BCUT2D eigenvalue weighted by atomic mass is 9.62. The SMILES string of the molecule is N#CC1(c2ccccc2)CC(Nc2ccc(Br)c(F)c2)C1. The van der Waals surface area contributed by atoms with Crippen molar-refractivity contribution in [2.24, 2.45) is 0 Å². The average Bonchev–Trinajstić information content (AvgIpc) is 2.47. The predicted molar refractivity (Wildman–Crippen MR) is 84.5 cm³/mol. The van der Waals surface area contributed by atoms with Gasteiger partial charge in [0.1, 0.15) is 5.82 Å². The van der Waals surface area contributed by atoms with E-state index in [0.717, 1.165) is 24.1 Å². The van der Waals surface area contributed by atoms with Crippen LogP contribution in [0.2, 0.25) is 0 Å². The molecule has 4 heteroatoms. The molecule has 0 unspecified atom stereocenters. The van der Waals surface area contributed by atoms with Crippen molar-refractivity contribution in [2.45, 2.75) is 24.3 Å². The molecule has 1 saturated carbocycles. The van der Waals surface area contributed by atoms with Crippen molar-refractivity contribution >= 4 is 21.6 Å². The first-order valence-corrected chi connectivity index (χ1v) is 7.61. The van der Waals surface area contributed by atoms with Gasteiger partial charge in [0, 0.05) is 11.7 Å². The molecule has 106 valence electrons. The quantitative estimate of drug-likeness (QED) is 0.881. The first-order chi connectivity index (χ1) is 10.1. The fourth-order valence-corrected chi connectivity index (χ4v) is 3.10. The van der Waals surface area contributed by atoms with Crippen LogP contribution in [-0.2, 0) is 5.41 Å². The summed E-state index contributed by atoms with van der Waals surface area (Å²) in [4.78, 5) is 0. The molecule has 0 atom stereocenters. The number of anilines is 1. The molecule has 0 aromatic heterocycles. The Morgan fingerprint density at radius 3 is 2.52 bits per heavy atom. The van der Waals surface area contributed by atoms with Gasteiger partial charge in [0.25, 0.3) is 0 Å². The Bertz CT molecular complexity index is 688. The number of hydrogen-bond acceptors (Lipinski definition) is 2. The first-order valence-electron chi connectivity index (χ1n) is 6.81. The van der Waals surface area contributed by atoms with Crippen LogP contribution in [0.5, 0.6) is 0 Å². The number of hydrogen-bond donors (Lipinski definition) is 1. The highest BCUT2D eigenvalue weighted by Crippen LogP contribution is 2.44. The monoisotopic (exact) mass is 344 g/mol. The van der Waals surface area contributed by atoms with E-state index in [2.05, 4.69) is 27.3 Å². The molecular formula is C17H14BrFN2. The van der Waals surface area contributed by atoms with Gasteiger partial charge in [-0.3, -0.25) is 0 Å². The van der Waals surface area contributed by atoms with Crippen molar-refractivity contribution < 1.29 is 4.39 Å². The smallest absolute Gasteiger partial charge is 0.139 e. The molecule has 0 radical (unpaired) electrons. The van der Waals surface area contributed by atoms with Gasteiger partial charge in [-0.05, 0) is 52.5 Å². The molecule has 1 aliphatic rings. The average molecular weight is 345 g/mol. The minimum atomic E-state index is -0.410. The van der Waals surface area contributed by atoms with E-state index in [-0.39, 0.29) is 11.9 Å². The second-order valence-electron chi connectivity index (χ2n) is 5.44. The van der Waals surface area contributed by atoms with Crippen LogP contribution in [0.1, 0.15) is 18.4 Å². The Morgan fingerprint density at radius 2 is 1.90 bits per heavy atom. The first kappa shape index (κ1) is 14.1. The van der Waals surface area contributed by atoms with Crippen LogP contribution in [0, 0.1) is 17.1 Å². The largest absolute Gasteiger partial charge is 0.382 e. The molecule has 2 aromatic rings. The summed E-state index contributed by atoms with van der Waals surface area (Å²) in [5.74, 6) is -0.283. The third kappa shape index (κ3) is 2.66. The third-order valence-electron chi connectivity index (χ3n) is 4.02. The molecule has 0 heterocycles. The maximum Gasteiger partial charge on any atom is 0.139 e. The molecule has 21 heavy (non-hydrogen) atoms. The number of nitriles is 1. The van der Waals surface area contributed by atoms with E-state index in [0.29, 0.717) is 4.47 Å². The van der Waals surface area contributed by atoms with Crippen molar-refractivity contribution in [3.05, 3.63) is 64.4 Å². The van der Waals surface area contributed by atoms with E-state index in [1.165, 1.54) is 6.07 Å². The van der Waals surface area contributed by atoms with Gasteiger partial charge in [-0.25, -0.2) is 4.39 Å². The van der Waals surface area contributed by atoms with Gasteiger partial charge >= 0.3 is 0 Å².